The molecule has 1 saturated heterocycles. The second kappa shape index (κ2) is 7.15. The molecule has 0 spiro atoms. The zero-order valence-electron chi connectivity index (χ0n) is 15.4. The topological polar surface area (TPSA) is 82.8 Å². The van der Waals surface area contributed by atoms with Gasteiger partial charge in [0.1, 0.15) is 11.2 Å². The monoisotopic (exact) mass is 374 g/mol. The van der Waals surface area contributed by atoms with Gasteiger partial charge in [-0.25, -0.2) is 4.39 Å². The van der Waals surface area contributed by atoms with Gasteiger partial charge in [0.15, 0.2) is 0 Å². The number of nitrogens with zero attached hydrogens (tertiary/aromatic N) is 2. The van der Waals surface area contributed by atoms with Gasteiger partial charge in [0.05, 0.1) is 11.7 Å². The van der Waals surface area contributed by atoms with E-state index in [1.165, 1.54) is 23.1 Å². The molecule has 1 aliphatic rings. The summed E-state index contributed by atoms with van der Waals surface area (Å²) in [5.74, 6) is -1.92. The first-order chi connectivity index (χ1) is 12.7. The maximum atomic E-state index is 13.5. The number of aliphatic carboxylic acids is 1. The van der Waals surface area contributed by atoms with Crippen molar-refractivity contribution in [3.63, 3.8) is 0 Å². The fourth-order valence-electron chi connectivity index (χ4n) is 3.73. The first-order valence-corrected chi connectivity index (χ1v) is 8.82. The van der Waals surface area contributed by atoms with Crippen LogP contribution >= 0.6 is 0 Å². The van der Waals surface area contributed by atoms with Crippen LogP contribution in [0.4, 0.5) is 4.39 Å². The average molecular weight is 374 g/mol. The molecule has 1 aromatic carbocycles. The standard InChI is InChI=1S/C20H23FN2O4/c1-13-16(6-8-22(13)2)18(25)23-9-7-17(24)20(12-23,19(26)27)11-14-4-3-5-15(21)10-14/h3-6,8,10,17,24H,7,9,11-12H2,1-2H3,(H,26,27)/t17-,20+/m0/s1. The smallest absolute Gasteiger partial charge is 0.314 e. The lowest BCUT2D eigenvalue weighted by Crippen LogP contribution is -2.58. The number of carbonyl (C=O) groups excluding carboxylic acids is 1. The molecule has 0 aliphatic carbocycles. The Hall–Kier alpha value is -2.67. The van der Waals surface area contributed by atoms with E-state index in [0.717, 1.165) is 5.69 Å². The highest BCUT2D eigenvalue weighted by atomic mass is 19.1. The van der Waals surface area contributed by atoms with E-state index in [4.69, 9.17) is 0 Å². The van der Waals surface area contributed by atoms with Crippen LogP contribution in [0, 0.1) is 18.2 Å². The molecule has 1 fully saturated rings. The maximum absolute atomic E-state index is 13.5. The third-order valence-electron chi connectivity index (χ3n) is 5.52. The molecule has 1 aromatic heterocycles. The van der Waals surface area contributed by atoms with Gasteiger partial charge in [0.25, 0.3) is 5.91 Å². The predicted molar refractivity (Wildman–Crippen MR) is 96.9 cm³/mol. The van der Waals surface area contributed by atoms with E-state index in [-0.39, 0.29) is 31.8 Å². The Morgan fingerprint density at radius 2 is 2.07 bits per heavy atom. The van der Waals surface area contributed by atoms with Crippen LogP contribution in [0.5, 0.6) is 0 Å². The van der Waals surface area contributed by atoms with E-state index >= 15 is 0 Å². The number of aliphatic hydroxyl groups is 1. The molecule has 1 aliphatic heterocycles. The van der Waals surface area contributed by atoms with Crippen LogP contribution in [0.3, 0.4) is 0 Å². The number of carbonyl (C=O) groups is 2. The van der Waals surface area contributed by atoms with Gasteiger partial charge >= 0.3 is 5.97 Å². The van der Waals surface area contributed by atoms with Crippen molar-refractivity contribution >= 4 is 11.9 Å². The van der Waals surface area contributed by atoms with E-state index in [2.05, 4.69) is 0 Å². The van der Waals surface area contributed by atoms with Gasteiger partial charge in [-0.15, -0.1) is 0 Å². The minimum atomic E-state index is -1.58. The zero-order chi connectivity index (χ0) is 19.8. The van der Waals surface area contributed by atoms with Gasteiger partial charge in [-0.1, -0.05) is 12.1 Å². The number of benzene rings is 1. The number of aryl methyl sites for hydroxylation is 1. The molecule has 2 aromatic rings. The molecule has 144 valence electrons. The van der Waals surface area contributed by atoms with Crippen molar-refractivity contribution in [2.75, 3.05) is 13.1 Å². The van der Waals surface area contributed by atoms with E-state index in [0.29, 0.717) is 11.1 Å². The van der Waals surface area contributed by atoms with Crippen molar-refractivity contribution in [3.05, 3.63) is 59.2 Å². The lowest BCUT2D eigenvalue weighted by molar-refractivity contribution is -0.161. The zero-order valence-corrected chi connectivity index (χ0v) is 15.4. The number of carboxylic acids is 1. The molecule has 1 amide bonds. The molecule has 0 saturated carbocycles. The van der Waals surface area contributed by atoms with Crippen LogP contribution < -0.4 is 0 Å². The van der Waals surface area contributed by atoms with Gasteiger partial charge in [-0.2, -0.15) is 0 Å². The van der Waals surface area contributed by atoms with Crippen LogP contribution in [-0.2, 0) is 18.3 Å². The number of carboxylic acid groups (broad SMARTS) is 1. The minimum absolute atomic E-state index is 0.0567. The van der Waals surface area contributed by atoms with Crippen molar-refractivity contribution in [2.45, 2.75) is 25.9 Å². The largest absolute Gasteiger partial charge is 0.481 e. The fourth-order valence-corrected chi connectivity index (χ4v) is 3.73. The van der Waals surface area contributed by atoms with E-state index in [9.17, 15) is 24.2 Å². The summed E-state index contributed by atoms with van der Waals surface area (Å²) < 4.78 is 15.4. The Balaban J connectivity index is 1.92. The van der Waals surface area contributed by atoms with Crippen molar-refractivity contribution in [2.24, 2.45) is 12.5 Å². The van der Waals surface area contributed by atoms with Crippen LogP contribution in [-0.4, -0.2) is 50.8 Å². The highest BCUT2D eigenvalue weighted by Gasteiger charge is 2.50. The third kappa shape index (κ3) is 3.47. The molecular weight excluding hydrogens is 351 g/mol. The van der Waals surface area contributed by atoms with Gasteiger partial charge in [0.2, 0.25) is 0 Å². The molecule has 0 unspecified atom stereocenters. The van der Waals surface area contributed by atoms with Crippen molar-refractivity contribution in [1.82, 2.24) is 9.47 Å². The summed E-state index contributed by atoms with van der Waals surface area (Å²) >= 11 is 0. The molecule has 27 heavy (non-hydrogen) atoms. The normalized spacial score (nSPS) is 22.7. The van der Waals surface area contributed by atoms with Crippen LogP contribution in [0.25, 0.3) is 0 Å². The molecule has 7 heteroatoms. The number of rotatable bonds is 4. The highest BCUT2D eigenvalue weighted by Crippen LogP contribution is 2.35. The number of amides is 1. The number of halogens is 1. The van der Waals surface area contributed by atoms with E-state index in [1.807, 2.05) is 18.5 Å². The molecule has 0 radical (unpaired) electrons. The molecular formula is C20H23FN2O4. The predicted octanol–water partition coefficient (Wildman–Crippen LogP) is 1.99. The van der Waals surface area contributed by atoms with Crippen LogP contribution in [0.15, 0.2) is 36.5 Å². The third-order valence-corrected chi connectivity index (χ3v) is 5.52. The quantitative estimate of drug-likeness (QED) is 0.858. The number of piperidine rings is 1. The lowest BCUT2D eigenvalue weighted by Gasteiger charge is -2.43. The second-order valence-electron chi connectivity index (χ2n) is 7.22. The van der Waals surface area contributed by atoms with E-state index < -0.39 is 23.3 Å². The summed E-state index contributed by atoms with van der Waals surface area (Å²) in [7, 11) is 1.83. The Morgan fingerprint density at radius 3 is 2.67 bits per heavy atom. The Kier molecular flexibility index (Phi) is 5.06. The molecule has 0 bridgehead atoms. The number of aromatic nitrogens is 1. The molecule has 2 heterocycles. The SMILES string of the molecule is Cc1c(C(=O)N2CC[C@H](O)[C@](Cc3cccc(F)c3)(C(=O)O)C2)ccn1C. The van der Waals surface area contributed by atoms with Gasteiger partial charge in [-0.3, -0.25) is 9.59 Å². The summed E-state index contributed by atoms with van der Waals surface area (Å²) in [5, 5.41) is 20.5. The maximum Gasteiger partial charge on any atom is 0.314 e. The van der Waals surface area contributed by atoms with Crippen molar-refractivity contribution in [3.8, 4) is 0 Å². The summed E-state index contributed by atoms with van der Waals surface area (Å²) in [6, 6.07) is 7.38. The van der Waals surface area contributed by atoms with Gasteiger partial charge in [0, 0.05) is 32.0 Å². The summed E-state index contributed by atoms with van der Waals surface area (Å²) in [4.78, 5) is 26.6. The molecule has 3 rings (SSSR count). The number of aliphatic hydroxyl groups excluding tert-OH is 1. The molecule has 6 nitrogen and oxygen atoms in total. The van der Waals surface area contributed by atoms with E-state index in [1.54, 1.807) is 18.3 Å². The first kappa shape index (κ1) is 19.1. The Labute approximate surface area is 156 Å². The Morgan fingerprint density at radius 1 is 1.33 bits per heavy atom. The summed E-state index contributed by atoms with van der Waals surface area (Å²) in [6.45, 7) is 1.96. The van der Waals surface area contributed by atoms with Gasteiger partial charge < -0.3 is 19.7 Å². The highest BCUT2D eigenvalue weighted by molar-refractivity contribution is 5.96. The van der Waals surface area contributed by atoms with Crippen molar-refractivity contribution < 1.29 is 24.2 Å². The Bertz CT molecular complexity index is 879. The summed E-state index contributed by atoms with van der Waals surface area (Å²) in [5.41, 5.74) is 0.197. The summed E-state index contributed by atoms with van der Waals surface area (Å²) in [6.07, 6.45) is 0.746. The average Bonchev–Trinajstić information content (AvgIpc) is 2.95. The number of hydrogen-bond acceptors (Lipinski definition) is 3. The molecule has 2 atom stereocenters. The number of likely N-dealkylation sites (tertiary alicyclic amines) is 1. The second-order valence-corrected chi connectivity index (χ2v) is 7.22. The van der Waals surface area contributed by atoms with Crippen LogP contribution in [0.2, 0.25) is 0 Å². The van der Waals surface area contributed by atoms with Gasteiger partial charge in [-0.05, 0) is 43.5 Å². The van der Waals surface area contributed by atoms with Crippen LogP contribution in [0.1, 0.15) is 28.0 Å². The van der Waals surface area contributed by atoms with Crippen molar-refractivity contribution in [1.29, 1.82) is 0 Å². The number of hydrogen-bond donors (Lipinski definition) is 2. The lowest BCUT2D eigenvalue weighted by atomic mass is 9.72. The first-order valence-electron chi connectivity index (χ1n) is 8.82. The molecule has 2 N–H and O–H groups in total. The fraction of sp³-hybridized carbons (Fsp3) is 0.400. The minimum Gasteiger partial charge on any atom is -0.481 e.